The second kappa shape index (κ2) is 10.3. The van der Waals surface area contributed by atoms with Gasteiger partial charge in [0, 0.05) is 11.3 Å². The van der Waals surface area contributed by atoms with Crippen molar-refractivity contribution >= 4 is 22.2 Å². The van der Waals surface area contributed by atoms with E-state index in [1.807, 2.05) is 0 Å². The van der Waals surface area contributed by atoms with Gasteiger partial charge in [-0.05, 0) is 42.6 Å². The molecule has 0 saturated carbocycles. The second-order valence-corrected chi connectivity index (χ2v) is 9.77. The Morgan fingerprint density at radius 2 is 1.93 bits per heavy atom. The molecule has 27 heavy (non-hydrogen) atoms. The second-order valence-electron chi connectivity index (χ2n) is 8.67. The quantitative estimate of drug-likeness (QED) is 0.446. The van der Waals surface area contributed by atoms with Crippen LogP contribution in [0.4, 0.5) is 5.00 Å². The van der Waals surface area contributed by atoms with E-state index in [0.717, 1.165) is 42.7 Å². The molecule has 2 rings (SSSR count). The van der Waals surface area contributed by atoms with Crippen LogP contribution >= 0.6 is 11.3 Å². The number of nitriles is 1. The Morgan fingerprint density at radius 1 is 1.22 bits per heavy atom. The number of fused-ring (bicyclic) bond motifs is 1. The van der Waals surface area contributed by atoms with Crippen molar-refractivity contribution < 1.29 is 4.79 Å². The third kappa shape index (κ3) is 5.82. The van der Waals surface area contributed by atoms with Crippen molar-refractivity contribution in [2.24, 2.45) is 11.3 Å². The molecule has 0 saturated heterocycles. The summed E-state index contributed by atoms with van der Waals surface area (Å²) in [5.74, 6) is 0.720. The largest absolute Gasteiger partial charge is 0.317 e. The van der Waals surface area contributed by atoms with Gasteiger partial charge < -0.3 is 5.32 Å². The van der Waals surface area contributed by atoms with Gasteiger partial charge in [0.2, 0.25) is 5.91 Å². The summed E-state index contributed by atoms with van der Waals surface area (Å²) in [5.41, 5.74) is 2.25. The number of hydrogen-bond donors (Lipinski definition) is 1. The predicted molar refractivity (Wildman–Crippen MR) is 115 cm³/mol. The molecule has 150 valence electrons. The van der Waals surface area contributed by atoms with Crippen LogP contribution in [0.1, 0.15) is 101 Å². The topological polar surface area (TPSA) is 52.9 Å². The number of rotatable bonds is 10. The molecule has 1 N–H and O–H groups in total. The molecule has 0 spiro atoms. The molecule has 0 bridgehead atoms. The average molecular weight is 389 g/mol. The summed E-state index contributed by atoms with van der Waals surface area (Å²) in [5, 5.41) is 13.5. The Bertz CT molecular complexity index is 669. The van der Waals surface area contributed by atoms with Crippen LogP contribution in [0, 0.1) is 22.7 Å². The molecule has 1 atom stereocenters. The van der Waals surface area contributed by atoms with Crippen LogP contribution in [0.3, 0.4) is 0 Å². The Labute approximate surface area is 169 Å². The standard InChI is InChI=1S/C23H36N2OS/c1-5-7-8-9-10-11-12-21(26)25-22-19(16-24)18-14-13-17(15-20(18)27-22)23(3,4)6-2/h17H,5-15H2,1-4H3,(H,25,26). The molecule has 0 fully saturated rings. The minimum Gasteiger partial charge on any atom is -0.317 e. The summed E-state index contributed by atoms with van der Waals surface area (Å²) in [6.07, 6.45) is 12.0. The maximum Gasteiger partial charge on any atom is 0.225 e. The number of unbranched alkanes of at least 4 members (excludes halogenated alkanes) is 5. The first-order valence-corrected chi connectivity index (χ1v) is 11.6. The number of nitrogens with zero attached hydrogens (tertiary/aromatic N) is 1. The van der Waals surface area contributed by atoms with Gasteiger partial charge in [-0.1, -0.05) is 66.2 Å². The molecule has 0 aromatic carbocycles. The van der Waals surface area contributed by atoms with Crippen LogP contribution in [0.2, 0.25) is 0 Å². The zero-order chi connectivity index (χ0) is 19.9. The minimum atomic E-state index is 0.0611. The Kier molecular flexibility index (Phi) is 8.35. The lowest BCUT2D eigenvalue weighted by Crippen LogP contribution is -2.28. The van der Waals surface area contributed by atoms with Crippen LogP contribution in [0.15, 0.2) is 0 Å². The van der Waals surface area contributed by atoms with E-state index < -0.39 is 0 Å². The number of carbonyl (C=O) groups is 1. The van der Waals surface area contributed by atoms with E-state index in [9.17, 15) is 10.1 Å². The van der Waals surface area contributed by atoms with Gasteiger partial charge in [0.05, 0.1) is 5.56 Å². The molecule has 1 unspecified atom stereocenters. The van der Waals surface area contributed by atoms with Crippen LogP contribution in [-0.2, 0) is 17.6 Å². The first-order chi connectivity index (χ1) is 12.9. The molecule has 1 aliphatic rings. The number of amides is 1. The Balaban J connectivity index is 1.95. The molecule has 1 aromatic heterocycles. The molecule has 4 heteroatoms. The zero-order valence-electron chi connectivity index (χ0n) is 17.6. The van der Waals surface area contributed by atoms with Gasteiger partial charge in [0.1, 0.15) is 11.1 Å². The highest BCUT2D eigenvalue weighted by Gasteiger charge is 2.34. The first-order valence-electron chi connectivity index (χ1n) is 10.8. The van der Waals surface area contributed by atoms with Gasteiger partial charge in [-0.15, -0.1) is 11.3 Å². The monoisotopic (exact) mass is 388 g/mol. The number of anilines is 1. The lowest BCUT2D eigenvalue weighted by atomic mass is 9.69. The molecular formula is C23H36N2OS. The van der Waals surface area contributed by atoms with Crippen molar-refractivity contribution in [3.63, 3.8) is 0 Å². The number of carbonyl (C=O) groups excluding carboxylic acids is 1. The van der Waals surface area contributed by atoms with Gasteiger partial charge in [0.15, 0.2) is 0 Å². The third-order valence-electron chi connectivity index (χ3n) is 6.40. The maximum atomic E-state index is 12.3. The molecule has 3 nitrogen and oxygen atoms in total. The normalized spacial score (nSPS) is 16.6. The van der Waals surface area contributed by atoms with E-state index in [-0.39, 0.29) is 5.91 Å². The highest BCUT2D eigenvalue weighted by atomic mass is 32.1. The SMILES string of the molecule is CCCCCCCCC(=O)Nc1sc2c(c1C#N)CCC(C(C)(C)CC)C2. The molecule has 1 aromatic rings. The summed E-state index contributed by atoms with van der Waals surface area (Å²) < 4.78 is 0. The lowest BCUT2D eigenvalue weighted by Gasteiger charge is -2.36. The van der Waals surface area contributed by atoms with Crippen molar-refractivity contribution in [1.82, 2.24) is 0 Å². The van der Waals surface area contributed by atoms with Crippen molar-refractivity contribution in [3.8, 4) is 6.07 Å². The van der Waals surface area contributed by atoms with Crippen LogP contribution < -0.4 is 5.32 Å². The summed E-state index contributed by atoms with van der Waals surface area (Å²) >= 11 is 1.64. The fourth-order valence-corrected chi connectivity index (χ4v) is 5.30. The number of thiophene rings is 1. The smallest absolute Gasteiger partial charge is 0.225 e. The zero-order valence-corrected chi connectivity index (χ0v) is 18.4. The number of nitrogens with one attached hydrogen (secondary N) is 1. The van der Waals surface area contributed by atoms with Crippen molar-refractivity contribution in [2.45, 2.75) is 98.3 Å². The molecular weight excluding hydrogens is 352 g/mol. The highest BCUT2D eigenvalue weighted by molar-refractivity contribution is 7.16. The summed E-state index contributed by atoms with van der Waals surface area (Å²) in [4.78, 5) is 13.7. The fourth-order valence-electron chi connectivity index (χ4n) is 4.00. The first kappa shape index (κ1) is 22.0. The Morgan fingerprint density at radius 3 is 2.59 bits per heavy atom. The van der Waals surface area contributed by atoms with E-state index in [1.54, 1.807) is 11.3 Å². The third-order valence-corrected chi connectivity index (χ3v) is 7.57. The van der Waals surface area contributed by atoms with Crippen LogP contribution in [-0.4, -0.2) is 5.91 Å². The van der Waals surface area contributed by atoms with E-state index in [2.05, 4.69) is 39.1 Å². The lowest BCUT2D eigenvalue weighted by molar-refractivity contribution is -0.116. The van der Waals surface area contributed by atoms with Gasteiger partial charge in [-0.25, -0.2) is 0 Å². The number of hydrogen-bond acceptors (Lipinski definition) is 3. The summed E-state index contributed by atoms with van der Waals surface area (Å²) in [6.45, 7) is 9.18. The molecule has 1 heterocycles. The molecule has 0 radical (unpaired) electrons. The van der Waals surface area contributed by atoms with Crippen molar-refractivity contribution in [3.05, 3.63) is 16.0 Å². The van der Waals surface area contributed by atoms with E-state index in [1.165, 1.54) is 42.5 Å². The maximum absolute atomic E-state index is 12.3. The van der Waals surface area contributed by atoms with E-state index in [4.69, 9.17) is 0 Å². The molecule has 1 aliphatic carbocycles. The fraction of sp³-hybridized carbons (Fsp3) is 0.739. The van der Waals surface area contributed by atoms with Gasteiger partial charge in [-0.3, -0.25) is 4.79 Å². The Hall–Kier alpha value is -1.34. The van der Waals surface area contributed by atoms with Crippen molar-refractivity contribution in [2.75, 3.05) is 5.32 Å². The highest BCUT2D eigenvalue weighted by Crippen LogP contribution is 2.45. The minimum absolute atomic E-state index is 0.0611. The molecule has 0 aliphatic heterocycles. The van der Waals surface area contributed by atoms with Crippen molar-refractivity contribution in [1.29, 1.82) is 5.26 Å². The van der Waals surface area contributed by atoms with Gasteiger partial charge in [-0.2, -0.15) is 5.26 Å². The van der Waals surface area contributed by atoms with E-state index >= 15 is 0 Å². The van der Waals surface area contributed by atoms with E-state index in [0.29, 0.717) is 17.8 Å². The predicted octanol–water partition coefficient (Wildman–Crippen LogP) is 6.85. The van der Waals surface area contributed by atoms with Crippen LogP contribution in [0.25, 0.3) is 0 Å². The van der Waals surface area contributed by atoms with Crippen LogP contribution in [0.5, 0.6) is 0 Å². The average Bonchev–Trinajstić information content (AvgIpc) is 3.00. The summed E-state index contributed by atoms with van der Waals surface area (Å²) in [6, 6.07) is 2.36. The van der Waals surface area contributed by atoms with Gasteiger partial charge in [0.25, 0.3) is 0 Å². The summed E-state index contributed by atoms with van der Waals surface area (Å²) in [7, 11) is 0. The van der Waals surface area contributed by atoms with Gasteiger partial charge >= 0.3 is 0 Å². The molecule has 1 amide bonds.